The Morgan fingerprint density at radius 2 is 2.28 bits per heavy atom. The SMILES string of the molecule is CC(C)c1nc(C(=O)Nc2cnccc2N2CCCC(N)C2)c(N)s1. The molecule has 0 saturated carbocycles. The number of piperidine rings is 1. The lowest BCUT2D eigenvalue weighted by molar-refractivity contribution is 0.102. The Morgan fingerprint density at radius 3 is 2.96 bits per heavy atom. The molecule has 25 heavy (non-hydrogen) atoms. The van der Waals surface area contributed by atoms with Crippen molar-refractivity contribution in [1.82, 2.24) is 9.97 Å². The summed E-state index contributed by atoms with van der Waals surface area (Å²) in [6, 6.07) is 2.05. The fourth-order valence-corrected chi connectivity index (χ4v) is 3.76. The molecule has 7 nitrogen and oxygen atoms in total. The van der Waals surface area contributed by atoms with Crippen LogP contribution < -0.4 is 21.7 Å². The number of aromatic nitrogens is 2. The summed E-state index contributed by atoms with van der Waals surface area (Å²) in [6.07, 6.45) is 5.43. The van der Waals surface area contributed by atoms with Crippen LogP contribution in [0.4, 0.5) is 16.4 Å². The molecule has 1 aliphatic rings. The first-order valence-electron chi connectivity index (χ1n) is 8.47. The third-order valence-corrected chi connectivity index (χ3v) is 5.41. The molecule has 2 aromatic heterocycles. The number of pyridine rings is 1. The number of nitrogens with zero attached hydrogens (tertiary/aromatic N) is 3. The van der Waals surface area contributed by atoms with Crippen molar-refractivity contribution in [2.75, 3.05) is 29.0 Å². The average molecular weight is 360 g/mol. The maximum absolute atomic E-state index is 12.7. The molecule has 0 radical (unpaired) electrons. The number of hydrogen-bond donors (Lipinski definition) is 3. The van der Waals surface area contributed by atoms with Crippen LogP contribution in [0.25, 0.3) is 0 Å². The lowest BCUT2D eigenvalue weighted by Crippen LogP contribution is -2.43. The van der Waals surface area contributed by atoms with E-state index >= 15 is 0 Å². The summed E-state index contributed by atoms with van der Waals surface area (Å²) in [4.78, 5) is 23.4. The van der Waals surface area contributed by atoms with Crippen LogP contribution in [0.15, 0.2) is 18.5 Å². The highest BCUT2D eigenvalue weighted by Gasteiger charge is 2.22. The maximum Gasteiger partial charge on any atom is 0.277 e. The highest BCUT2D eigenvalue weighted by atomic mass is 32.1. The minimum atomic E-state index is -0.309. The van der Waals surface area contributed by atoms with Gasteiger partial charge in [0.05, 0.1) is 22.6 Å². The number of nitrogens with two attached hydrogens (primary N) is 2. The van der Waals surface area contributed by atoms with Crippen LogP contribution in [0.1, 0.15) is 48.1 Å². The zero-order valence-electron chi connectivity index (χ0n) is 14.5. The Kier molecular flexibility index (Phi) is 5.19. The lowest BCUT2D eigenvalue weighted by atomic mass is 10.1. The van der Waals surface area contributed by atoms with Crippen molar-refractivity contribution in [2.45, 2.75) is 38.6 Å². The third-order valence-electron chi connectivity index (χ3n) is 4.22. The van der Waals surface area contributed by atoms with Crippen LogP contribution in [-0.4, -0.2) is 35.0 Å². The van der Waals surface area contributed by atoms with E-state index in [0.717, 1.165) is 36.6 Å². The number of amides is 1. The van der Waals surface area contributed by atoms with Crippen molar-refractivity contribution in [3.63, 3.8) is 0 Å². The van der Waals surface area contributed by atoms with Crippen LogP contribution in [0.5, 0.6) is 0 Å². The normalized spacial score (nSPS) is 17.8. The molecule has 2 aromatic rings. The second kappa shape index (κ2) is 7.37. The summed E-state index contributed by atoms with van der Waals surface area (Å²) in [5.74, 6) is -0.0751. The summed E-state index contributed by atoms with van der Waals surface area (Å²) < 4.78 is 0. The summed E-state index contributed by atoms with van der Waals surface area (Å²) in [6.45, 7) is 5.73. The number of nitrogen functional groups attached to an aromatic ring is 1. The molecular weight excluding hydrogens is 336 g/mol. The van der Waals surface area contributed by atoms with E-state index in [9.17, 15) is 4.79 Å². The standard InChI is InChI=1S/C17H24N6OS/c1-10(2)17-22-14(15(19)25-17)16(24)21-12-8-20-6-5-13(12)23-7-3-4-11(18)9-23/h5-6,8,10-11H,3-4,7,9,18-19H2,1-2H3,(H,21,24). The van der Waals surface area contributed by atoms with Gasteiger partial charge in [0.25, 0.3) is 5.91 Å². The van der Waals surface area contributed by atoms with Gasteiger partial charge in [-0.1, -0.05) is 13.8 Å². The van der Waals surface area contributed by atoms with Gasteiger partial charge in [-0.3, -0.25) is 9.78 Å². The van der Waals surface area contributed by atoms with E-state index in [-0.39, 0.29) is 23.6 Å². The summed E-state index contributed by atoms with van der Waals surface area (Å²) >= 11 is 1.36. The van der Waals surface area contributed by atoms with Gasteiger partial charge in [0.1, 0.15) is 5.00 Å². The Morgan fingerprint density at radius 1 is 1.48 bits per heavy atom. The van der Waals surface area contributed by atoms with Gasteiger partial charge in [0.2, 0.25) is 0 Å². The molecular formula is C17H24N6OS. The molecule has 1 aliphatic heterocycles. The molecule has 0 spiro atoms. The summed E-state index contributed by atoms with van der Waals surface area (Å²) in [5.41, 5.74) is 13.9. The lowest BCUT2D eigenvalue weighted by Gasteiger charge is -2.33. The smallest absolute Gasteiger partial charge is 0.277 e. The average Bonchev–Trinajstić information content (AvgIpc) is 2.97. The Bertz CT molecular complexity index is 759. The zero-order valence-corrected chi connectivity index (χ0v) is 15.3. The van der Waals surface area contributed by atoms with Gasteiger partial charge < -0.3 is 21.7 Å². The van der Waals surface area contributed by atoms with Gasteiger partial charge in [-0.15, -0.1) is 11.3 Å². The number of anilines is 3. The number of hydrogen-bond acceptors (Lipinski definition) is 7. The number of thiazole rings is 1. The monoisotopic (exact) mass is 360 g/mol. The van der Waals surface area contributed by atoms with E-state index in [4.69, 9.17) is 11.5 Å². The van der Waals surface area contributed by atoms with Gasteiger partial charge in [-0.2, -0.15) is 0 Å². The molecule has 3 rings (SSSR count). The van der Waals surface area contributed by atoms with Crippen LogP contribution in [-0.2, 0) is 0 Å². The largest absolute Gasteiger partial charge is 0.389 e. The van der Waals surface area contributed by atoms with Crippen molar-refractivity contribution in [3.8, 4) is 0 Å². The van der Waals surface area contributed by atoms with Crippen molar-refractivity contribution in [1.29, 1.82) is 0 Å². The van der Waals surface area contributed by atoms with E-state index in [2.05, 4.69) is 20.2 Å². The first-order chi connectivity index (χ1) is 12.0. The van der Waals surface area contributed by atoms with Crippen LogP contribution in [0, 0.1) is 0 Å². The molecule has 0 bridgehead atoms. The Hall–Kier alpha value is -2.19. The molecule has 1 unspecified atom stereocenters. The van der Waals surface area contributed by atoms with E-state index in [1.807, 2.05) is 19.9 Å². The Balaban J connectivity index is 1.82. The molecule has 1 saturated heterocycles. The molecule has 1 fully saturated rings. The van der Waals surface area contributed by atoms with Gasteiger partial charge in [0, 0.05) is 31.2 Å². The minimum Gasteiger partial charge on any atom is -0.389 e. The molecule has 0 aliphatic carbocycles. The summed E-state index contributed by atoms with van der Waals surface area (Å²) in [5, 5.41) is 4.21. The van der Waals surface area contributed by atoms with Crippen molar-refractivity contribution >= 4 is 33.6 Å². The highest BCUT2D eigenvalue weighted by Crippen LogP contribution is 2.30. The van der Waals surface area contributed by atoms with Crippen molar-refractivity contribution in [3.05, 3.63) is 29.2 Å². The fraction of sp³-hybridized carbons (Fsp3) is 0.471. The van der Waals surface area contributed by atoms with Gasteiger partial charge in [-0.25, -0.2) is 4.98 Å². The summed E-state index contributed by atoms with van der Waals surface area (Å²) in [7, 11) is 0. The maximum atomic E-state index is 12.7. The predicted molar refractivity (Wildman–Crippen MR) is 102 cm³/mol. The number of rotatable bonds is 4. The second-order valence-corrected chi connectivity index (χ2v) is 7.68. The molecule has 134 valence electrons. The quantitative estimate of drug-likeness (QED) is 0.772. The van der Waals surface area contributed by atoms with E-state index in [0.29, 0.717) is 10.7 Å². The van der Waals surface area contributed by atoms with Gasteiger partial charge in [-0.05, 0) is 18.9 Å². The van der Waals surface area contributed by atoms with Crippen molar-refractivity contribution < 1.29 is 4.79 Å². The molecule has 3 heterocycles. The first kappa shape index (κ1) is 17.6. The van der Waals surface area contributed by atoms with Crippen LogP contribution >= 0.6 is 11.3 Å². The minimum absolute atomic E-state index is 0.147. The molecule has 1 atom stereocenters. The molecule has 1 amide bonds. The van der Waals surface area contributed by atoms with Crippen LogP contribution in [0.2, 0.25) is 0 Å². The highest BCUT2D eigenvalue weighted by molar-refractivity contribution is 7.16. The van der Waals surface area contributed by atoms with E-state index in [1.165, 1.54) is 11.3 Å². The number of nitrogens with one attached hydrogen (secondary N) is 1. The van der Waals surface area contributed by atoms with Gasteiger partial charge >= 0.3 is 0 Å². The second-order valence-electron chi connectivity index (χ2n) is 6.61. The topological polar surface area (TPSA) is 110 Å². The number of carbonyl (C=O) groups excluding carboxylic acids is 1. The van der Waals surface area contributed by atoms with E-state index < -0.39 is 0 Å². The third kappa shape index (κ3) is 3.91. The first-order valence-corrected chi connectivity index (χ1v) is 9.29. The molecule has 8 heteroatoms. The predicted octanol–water partition coefficient (Wildman–Crippen LogP) is 2.42. The molecule has 0 aromatic carbocycles. The Labute approximate surface area is 151 Å². The molecule has 5 N–H and O–H groups in total. The van der Waals surface area contributed by atoms with E-state index in [1.54, 1.807) is 12.4 Å². The fourth-order valence-electron chi connectivity index (χ4n) is 2.93. The zero-order chi connectivity index (χ0) is 18.0. The van der Waals surface area contributed by atoms with Gasteiger partial charge in [0.15, 0.2) is 5.69 Å². The van der Waals surface area contributed by atoms with Crippen LogP contribution in [0.3, 0.4) is 0 Å². The number of carbonyl (C=O) groups is 1. The van der Waals surface area contributed by atoms with Crippen molar-refractivity contribution in [2.24, 2.45) is 5.73 Å².